The maximum absolute atomic E-state index is 12.9. The number of ether oxygens (including phenoxy) is 2. The van der Waals surface area contributed by atoms with Crippen LogP contribution in [0.15, 0.2) is 15.5 Å². The number of nitrogens with zero attached hydrogens (tertiary/aromatic N) is 2. The van der Waals surface area contributed by atoms with Gasteiger partial charge in [-0.25, -0.2) is 0 Å². The minimum atomic E-state index is -0.334. The summed E-state index contributed by atoms with van der Waals surface area (Å²) < 4.78 is 13.5. The van der Waals surface area contributed by atoms with Crippen LogP contribution >= 0.6 is 15.9 Å². The smallest absolute Gasteiger partial charge is 0.274 e. The lowest BCUT2D eigenvalue weighted by Crippen LogP contribution is -2.57. The van der Waals surface area contributed by atoms with Crippen LogP contribution in [-0.4, -0.2) is 47.8 Å². The second-order valence-electron chi connectivity index (χ2n) is 6.20. The molecular weight excluding hydrogens is 364 g/mol. The van der Waals surface area contributed by atoms with E-state index in [0.717, 1.165) is 19.3 Å². The average molecular weight is 385 g/mol. The molecule has 7 heteroatoms. The van der Waals surface area contributed by atoms with Crippen molar-refractivity contribution in [3.05, 3.63) is 26.6 Å². The first-order valence-corrected chi connectivity index (χ1v) is 8.71. The first-order valence-electron chi connectivity index (χ1n) is 7.92. The Balaban J connectivity index is 2.06. The van der Waals surface area contributed by atoms with E-state index >= 15 is 0 Å². The fourth-order valence-electron chi connectivity index (χ4n) is 3.19. The maximum atomic E-state index is 12.9. The number of halogens is 1. The number of aromatic nitrogens is 1. The van der Waals surface area contributed by atoms with E-state index in [4.69, 9.17) is 9.47 Å². The molecule has 0 aliphatic carbocycles. The number of carbonyl (C=O) groups excluding carboxylic acids is 1. The molecule has 0 aromatic carbocycles. The molecule has 23 heavy (non-hydrogen) atoms. The van der Waals surface area contributed by atoms with Crippen molar-refractivity contribution in [1.82, 2.24) is 9.47 Å². The molecule has 2 aliphatic heterocycles. The van der Waals surface area contributed by atoms with Crippen molar-refractivity contribution in [2.24, 2.45) is 0 Å². The van der Waals surface area contributed by atoms with Gasteiger partial charge in [0.25, 0.3) is 5.91 Å². The Labute approximate surface area is 143 Å². The number of hydrogen-bond acceptors (Lipinski definition) is 4. The second-order valence-corrected chi connectivity index (χ2v) is 7.06. The summed E-state index contributed by atoms with van der Waals surface area (Å²) in [4.78, 5) is 27.0. The van der Waals surface area contributed by atoms with Crippen molar-refractivity contribution in [3.63, 3.8) is 0 Å². The van der Waals surface area contributed by atoms with Gasteiger partial charge in [0, 0.05) is 26.4 Å². The van der Waals surface area contributed by atoms with Gasteiger partial charge < -0.3 is 18.9 Å². The van der Waals surface area contributed by atoms with Crippen molar-refractivity contribution in [2.75, 3.05) is 26.9 Å². The number of pyridine rings is 1. The lowest BCUT2D eigenvalue weighted by molar-refractivity contribution is 0.0342. The summed E-state index contributed by atoms with van der Waals surface area (Å²) >= 11 is 3.30. The summed E-state index contributed by atoms with van der Waals surface area (Å²) in [6.07, 6.45) is 4.29. The van der Waals surface area contributed by atoms with Gasteiger partial charge in [-0.2, -0.15) is 0 Å². The lowest BCUT2D eigenvalue weighted by atomic mass is 9.93. The van der Waals surface area contributed by atoms with E-state index in [1.54, 1.807) is 18.1 Å². The quantitative estimate of drug-likeness (QED) is 0.745. The van der Waals surface area contributed by atoms with Gasteiger partial charge in [0.05, 0.1) is 23.2 Å². The van der Waals surface area contributed by atoms with E-state index in [0.29, 0.717) is 36.5 Å². The highest BCUT2D eigenvalue weighted by Gasteiger charge is 2.47. The fraction of sp³-hybridized carbons (Fsp3) is 0.625. The molecule has 3 rings (SSSR count). The molecule has 1 saturated heterocycles. The van der Waals surface area contributed by atoms with Crippen LogP contribution in [0.5, 0.6) is 5.75 Å². The minimum Gasteiger partial charge on any atom is -0.487 e. The van der Waals surface area contributed by atoms with E-state index < -0.39 is 0 Å². The number of rotatable bonds is 4. The molecule has 2 aliphatic rings. The molecule has 0 N–H and O–H groups in total. The molecule has 0 bridgehead atoms. The molecule has 6 nitrogen and oxygen atoms in total. The topological polar surface area (TPSA) is 60.8 Å². The van der Waals surface area contributed by atoms with Gasteiger partial charge >= 0.3 is 0 Å². The molecule has 0 radical (unpaired) electrons. The normalized spacial score (nSPS) is 23.4. The Hall–Kier alpha value is -1.34. The molecule has 0 saturated carbocycles. The predicted octanol–water partition coefficient (Wildman–Crippen LogP) is 2.03. The number of amides is 1. The zero-order valence-corrected chi connectivity index (χ0v) is 15.0. The monoisotopic (exact) mass is 384 g/mol. The first kappa shape index (κ1) is 16.5. The summed E-state index contributed by atoms with van der Waals surface area (Å²) in [5.41, 5.74) is -0.263. The SMILES string of the molecule is CCCCOc1c2n(cc(Br)c1=O)CC1(CCOC1)N(C)C2=O. The van der Waals surface area contributed by atoms with E-state index in [9.17, 15) is 9.59 Å². The van der Waals surface area contributed by atoms with Gasteiger partial charge in [0.1, 0.15) is 0 Å². The van der Waals surface area contributed by atoms with Crippen molar-refractivity contribution >= 4 is 21.8 Å². The maximum Gasteiger partial charge on any atom is 0.274 e. The fourth-order valence-corrected chi connectivity index (χ4v) is 3.61. The van der Waals surface area contributed by atoms with Crippen molar-refractivity contribution in [3.8, 4) is 5.75 Å². The number of hydrogen-bond donors (Lipinski definition) is 0. The highest BCUT2D eigenvalue weighted by atomic mass is 79.9. The third-order valence-corrected chi connectivity index (χ3v) is 5.27. The number of fused-ring (bicyclic) bond motifs is 1. The number of likely N-dealkylation sites (N-methyl/N-ethyl adjacent to an activating group) is 1. The van der Waals surface area contributed by atoms with Gasteiger partial charge in [-0.05, 0) is 28.8 Å². The van der Waals surface area contributed by atoms with Gasteiger partial charge in [0.15, 0.2) is 11.4 Å². The summed E-state index contributed by atoms with van der Waals surface area (Å²) in [6.45, 7) is 4.25. The second kappa shape index (κ2) is 6.28. The van der Waals surface area contributed by atoms with Crippen LogP contribution < -0.4 is 10.2 Å². The first-order chi connectivity index (χ1) is 11.0. The molecule has 1 aromatic rings. The van der Waals surface area contributed by atoms with Crippen LogP contribution in [0.25, 0.3) is 0 Å². The van der Waals surface area contributed by atoms with E-state index in [1.165, 1.54) is 0 Å². The van der Waals surface area contributed by atoms with Crippen LogP contribution in [0.2, 0.25) is 0 Å². The molecule has 126 valence electrons. The lowest BCUT2D eigenvalue weighted by Gasteiger charge is -2.43. The van der Waals surface area contributed by atoms with Crippen LogP contribution in [0, 0.1) is 0 Å². The molecule has 3 heterocycles. The van der Waals surface area contributed by atoms with Gasteiger partial charge in [0.2, 0.25) is 5.43 Å². The number of carbonyl (C=O) groups is 1. The van der Waals surface area contributed by atoms with E-state index in [-0.39, 0.29) is 22.6 Å². The summed E-state index contributed by atoms with van der Waals surface area (Å²) in [5.74, 6) is -0.0312. The van der Waals surface area contributed by atoms with Crippen molar-refractivity contribution in [2.45, 2.75) is 38.3 Å². The molecule has 1 unspecified atom stereocenters. The van der Waals surface area contributed by atoms with Gasteiger partial charge in [-0.1, -0.05) is 13.3 Å². The largest absolute Gasteiger partial charge is 0.487 e. The van der Waals surface area contributed by atoms with Gasteiger partial charge in [-0.15, -0.1) is 0 Å². The molecule has 1 aromatic heterocycles. The van der Waals surface area contributed by atoms with Crippen LogP contribution in [0.1, 0.15) is 36.7 Å². The van der Waals surface area contributed by atoms with Crippen molar-refractivity contribution in [1.29, 1.82) is 0 Å². The molecule has 1 spiro atoms. The zero-order valence-electron chi connectivity index (χ0n) is 13.4. The minimum absolute atomic E-state index is 0.151. The Morgan fingerprint density at radius 3 is 2.87 bits per heavy atom. The van der Waals surface area contributed by atoms with Crippen LogP contribution in [0.4, 0.5) is 0 Å². The Morgan fingerprint density at radius 1 is 1.43 bits per heavy atom. The third-order valence-electron chi connectivity index (χ3n) is 4.70. The highest BCUT2D eigenvalue weighted by Crippen LogP contribution is 2.35. The standard InChI is InChI=1S/C16H21BrN2O4/c1-3-4-6-23-14-12-15(21)18(2)16(5-7-22-10-16)9-19(12)8-11(17)13(14)20/h8H,3-7,9-10H2,1-2H3. The summed E-state index contributed by atoms with van der Waals surface area (Å²) in [6, 6.07) is 0. The van der Waals surface area contributed by atoms with Crippen LogP contribution in [-0.2, 0) is 11.3 Å². The third kappa shape index (κ3) is 2.70. The molecule has 1 fully saturated rings. The van der Waals surface area contributed by atoms with Gasteiger partial charge in [-0.3, -0.25) is 9.59 Å². The van der Waals surface area contributed by atoms with Crippen molar-refractivity contribution < 1.29 is 14.3 Å². The average Bonchev–Trinajstić information content (AvgIpc) is 2.99. The Kier molecular flexibility index (Phi) is 4.51. The molecule has 1 amide bonds. The predicted molar refractivity (Wildman–Crippen MR) is 89.1 cm³/mol. The van der Waals surface area contributed by atoms with E-state index in [2.05, 4.69) is 22.9 Å². The van der Waals surface area contributed by atoms with Crippen LogP contribution in [0.3, 0.4) is 0 Å². The van der Waals surface area contributed by atoms with E-state index in [1.807, 2.05) is 4.57 Å². The highest BCUT2D eigenvalue weighted by molar-refractivity contribution is 9.10. The molecule has 1 atom stereocenters. The zero-order chi connectivity index (χ0) is 16.6. The number of unbranched alkanes of at least 4 members (excludes halogenated alkanes) is 1. The Bertz CT molecular complexity index is 679. The Morgan fingerprint density at radius 2 is 2.22 bits per heavy atom. The summed E-state index contributed by atoms with van der Waals surface area (Å²) in [5, 5.41) is 0. The summed E-state index contributed by atoms with van der Waals surface area (Å²) in [7, 11) is 1.78. The molecular formula is C16H21BrN2O4.